The Morgan fingerprint density at radius 2 is 1.63 bits per heavy atom. The average molecular weight is 364 g/mol. The quantitative estimate of drug-likeness (QED) is 0.624. The molecule has 0 radical (unpaired) electrons. The second-order valence-electron chi connectivity index (χ2n) is 6.24. The zero-order valence-electron chi connectivity index (χ0n) is 15.8. The van der Waals surface area contributed by atoms with Crippen LogP contribution in [0.15, 0.2) is 60.7 Å². The summed E-state index contributed by atoms with van der Waals surface area (Å²) in [5.74, 6) is 1.28. The van der Waals surface area contributed by atoms with Crippen LogP contribution in [0.25, 0.3) is 11.3 Å². The molecule has 0 amide bonds. The molecule has 0 aliphatic carbocycles. The molecule has 1 aromatic heterocycles. The van der Waals surface area contributed by atoms with Crippen molar-refractivity contribution in [3.63, 3.8) is 0 Å². The number of benzene rings is 2. The predicted molar refractivity (Wildman–Crippen MR) is 110 cm³/mol. The van der Waals surface area contributed by atoms with Gasteiger partial charge < -0.3 is 10.2 Å². The molecule has 3 rings (SSSR count). The van der Waals surface area contributed by atoms with Gasteiger partial charge in [0, 0.05) is 31.3 Å². The number of anilines is 2. The lowest BCUT2D eigenvalue weighted by molar-refractivity contribution is 0.610. The standard InChI is InChI=1S/C22H25FN4/c1-3-27(4-2)22-25-20(18-11-6-5-7-12-18)16-21(26-22)24-15-14-17-10-8-9-13-19(17)23/h5-13,16H,3-4,14-15H2,1-2H3,(H,24,25,26). The molecule has 0 saturated heterocycles. The summed E-state index contributed by atoms with van der Waals surface area (Å²) in [5.41, 5.74) is 2.62. The van der Waals surface area contributed by atoms with Crippen molar-refractivity contribution < 1.29 is 4.39 Å². The van der Waals surface area contributed by atoms with Crippen LogP contribution in [0.5, 0.6) is 0 Å². The van der Waals surface area contributed by atoms with Gasteiger partial charge in [-0.05, 0) is 31.9 Å². The highest BCUT2D eigenvalue weighted by Crippen LogP contribution is 2.23. The maximum atomic E-state index is 13.8. The second-order valence-corrected chi connectivity index (χ2v) is 6.24. The Morgan fingerprint density at radius 3 is 2.33 bits per heavy atom. The summed E-state index contributed by atoms with van der Waals surface area (Å²) in [6.45, 7) is 6.46. The van der Waals surface area contributed by atoms with E-state index in [9.17, 15) is 4.39 Å². The second kappa shape index (κ2) is 9.12. The molecule has 5 heteroatoms. The molecular formula is C22H25FN4. The van der Waals surface area contributed by atoms with Gasteiger partial charge in [0.25, 0.3) is 0 Å². The monoisotopic (exact) mass is 364 g/mol. The smallest absolute Gasteiger partial charge is 0.227 e. The highest BCUT2D eigenvalue weighted by atomic mass is 19.1. The Bertz CT molecular complexity index is 863. The third-order valence-corrected chi connectivity index (χ3v) is 4.49. The van der Waals surface area contributed by atoms with E-state index in [1.807, 2.05) is 48.5 Å². The van der Waals surface area contributed by atoms with Crippen molar-refractivity contribution in [1.29, 1.82) is 0 Å². The summed E-state index contributed by atoms with van der Waals surface area (Å²) in [4.78, 5) is 11.5. The first kappa shape index (κ1) is 18.8. The number of nitrogens with zero attached hydrogens (tertiary/aromatic N) is 3. The van der Waals surface area contributed by atoms with Crippen LogP contribution in [-0.4, -0.2) is 29.6 Å². The summed E-state index contributed by atoms with van der Waals surface area (Å²) in [7, 11) is 0. The first-order chi connectivity index (χ1) is 13.2. The molecule has 4 nitrogen and oxygen atoms in total. The molecule has 0 atom stereocenters. The molecule has 27 heavy (non-hydrogen) atoms. The van der Waals surface area contributed by atoms with Gasteiger partial charge in [0.2, 0.25) is 5.95 Å². The average Bonchev–Trinajstić information content (AvgIpc) is 2.71. The van der Waals surface area contributed by atoms with Crippen LogP contribution in [0.2, 0.25) is 0 Å². The van der Waals surface area contributed by atoms with Crippen LogP contribution in [0.3, 0.4) is 0 Å². The van der Waals surface area contributed by atoms with Crippen molar-refractivity contribution in [2.75, 3.05) is 29.9 Å². The minimum absolute atomic E-state index is 0.171. The van der Waals surface area contributed by atoms with E-state index >= 15 is 0 Å². The van der Waals surface area contributed by atoms with Crippen molar-refractivity contribution in [3.8, 4) is 11.3 Å². The van der Waals surface area contributed by atoms with E-state index in [1.54, 1.807) is 6.07 Å². The third-order valence-electron chi connectivity index (χ3n) is 4.49. The van der Waals surface area contributed by atoms with Crippen LogP contribution < -0.4 is 10.2 Å². The lowest BCUT2D eigenvalue weighted by Gasteiger charge is -2.20. The number of hydrogen-bond donors (Lipinski definition) is 1. The molecule has 1 heterocycles. The van der Waals surface area contributed by atoms with Gasteiger partial charge in [0.05, 0.1) is 5.69 Å². The van der Waals surface area contributed by atoms with E-state index in [4.69, 9.17) is 4.98 Å². The fourth-order valence-electron chi connectivity index (χ4n) is 2.96. The van der Waals surface area contributed by atoms with Crippen molar-refractivity contribution in [2.24, 2.45) is 0 Å². The van der Waals surface area contributed by atoms with E-state index in [-0.39, 0.29) is 5.82 Å². The Labute approximate surface area is 160 Å². The normalized spacial score (nSPS) is 10.6. The van der Waals surface area contributed by atoms with Crippen molar-refractivity contribution in [3.05, 3.63) is 72.0 Å². The minimum Gasteiger partial charge on any atom is -0.370 e. The van der Waals surface area contributed by atoms with Crippen LogP contribution >= 0.6 is 0 Å². The first-order valence-corrected chi connectivity index (χ1v) is 9.38. The minimum atomic E-state index is -0.171. The number of hydrogen-bond acceptors (Lipinski definition) is 4. The van der Waals surface area contributed by atoms with Gasteiger partial charge in [0.1, 0.15) is 11.6 Å². The number of rotatable bonds is 8. The molecule has 0 aliphatic rings. The van der Waals surface area contributed by atoms with E-state index in [0.717, 1.165) is 30.2 Å². The van der Waals surface area contributed by atoms with Crippen LogP contribution in [0.4, 0.5) is 16.2 Å². The van der Waals surface area contributed by atoms with Gasteiger partial charge in [-0.1, -0.05) is 48.5 Å². The molecule has 0 unspecified atom stereocenters. The van der Waals surface area contributed by atoms with Gasteiger partial charge in [0.15, 0.2) is 0 Å². The summed E-state index contributed by atoms with van der Waals surface area (Å²) in [6, 6.07) is 18.9. The fourth-order valence-corrected chi connectivity index (χ4v) is 2.96. The molecule has 0 saturated carbocycles. The molecule has 1 N–H and O–H groups in total. The van der Waals surface area contributed by atoms with Gasteiger partial charge in [-0.3, -0.25) is 0 Å². The number of halogens is 1. The maximum absolute atomic E-state index is 13.8. The van der Waals surface area contributed by atoms with Gasteiger partial charge >= 0.3 is 0 Å². The summed E-state index contributed by atoms with van der Waals surface area (Å²) in [6.07, 6.45) is 0.595. The highest BCUT2D eigenvalue weighted by molar-refractivity contribution is 5.64. The molecule has 0 bridgehead atoms. The Kier molecular flexibility index (Phi) is 6.36. The Morgan fingerprint density at radius 1 is 0.926 bits per heavy atom. The Balaban J connectivity index is 1.82. The summed E-state index contributed by atoms with van der Waals surface area (Å²) >= 11 is 0. The molecule has 2 aromatic carbocycles. The fraction of sp³-hybridized carbons (Fsp3) is 0.273. The lowest BCUT2D eigenvalue weighted by Crippen LogP contribution is -2.24. The zero-order valence-corrected chi connectivity index (χ0v) is 15.8. The first-order valence-electron chi connectivity index (χ1n) is 9.38. The molecule has 3 aromatic rings. The molecular weight excluding hydrogens is 339 g/mol. The Hall–Kier alpha value is -2.95. The highest BCUT2D eigenvalue weighted by Gasteiger charge is 2.11. The van der Waals surface area contributed by atoms with Gasteiger partial charge in [-0.25, -0.2) is 9.37 Å². The molecule has 0 spiro atoms. The number of aromatic nitrogens is 2. The van der Waals surface area contributed by atoms with Crippen LogP contribution in [0, 0.1) is 5.82 Å². The number of nitrogens with one attached hydrogen (secondary N) is 1. The SMILES string of the molecule is CCN(CC)c1nc(NCCc2ccccc2F)cc(-c2ccccc2)n1. The van der Waals surface area contributed by atoms with E-state index < -0.39 is 0 Å². The summed E-state index contributed by atoms with van der Waals surface area (Å²) < 4.78 is 13.8. The zero-order chi connectivity index (χ0) is 19.1. The largest absolute Gasteiger partial charge is 0.370 e. The molecule has 140 valence electrons. The third kappa shape index (κ3) is 4.82. The molecule has 0 fully saturated rings. The molecule has 0 aliphatic heterocycles. The van der Waals surface area contributed by atoms with Crippen molar-refractivity contribution in [1.82, 2.24) is 9.97 Å². The summed E-state index contributed by atoms with van der Waals surface area (Å²) in [5, 5.41) is 3.33. The van der Waals surface area contributed by atoms with E-state index in [0.29, 0.717) is 24.5 Å². The van der Waals surface area contributed by atoms with Crippen LogP contribution in [-0.2, 0) is 6.42 Å². The van der Waals surface area contributed by atoms with Gasteiger partial charge in [-0.15, -0.1) is 0 Å². The predicted octanol–water partition coefficient (Wildman–Crippen LogP) is 4.78. The topological polar surface area (TPSA) is 41.1 Å². The van der Waals surface area contributed by atoms with Crippen molar-refractivity contribution >= 4 is 11.8 Å². The maximum Gasteiger partial charge on any atom is 0.227 e. The van der Waals surface area contributed by atoms with E-state index in [2.05, 4.69) is 29.0 Å². The lowest BCUT2D eigenvalue weighted by atomic mass is 10.1. The van der Waals surface area contributed by atoms with Crippen molar-refractivity contribution in [2.45, 2.75) is 20.3 Å². The van der Waals surface area contributed by atoms with E-state index in [1.165, 1.54) is 6.07 Å². The van der Waals surface area contributed by atoms with Crippen LogP contribution in [0.1, 0.15) is 19.4 Å². The van der Waals surface area contributed by atoms with Gasteiger partial charge in [-0.2, -0.15) is 4.98 Å².